The van der Waals surface area contributed by atoms with E-state index < -0.39 is 5.97 Å². The first-order chi connectivity index (χ1) is 8.97. The highest BCUT2D eigenvalue weighted by atomic mass is 79.9. The lowest BCUT2D eigenvalue weighted by Gasteiger charge is -2.11. The highest BCUT2D eigenvalue weighted by Gasteiger charge is 2.13. The third-order valence-electron chi connectivity index (χ3n) is 2.54. The van der Waals surface area contributed by atoms with Gasteiger partial charge in [0, 0.05) is 9.50 Å². The van der Waals surface area contributed by atoms with E-state index in [1.165, 1.54) is 6.07 Å². The minimum atomic E-state index is -1.08. The van der Waals surface area contributed by atoms with Crippen molar-refractivity contribution in [3.05, 3.63) is 57.0 Å². The van der Waals surface area contributed by atoms with Gasteiger partial charge in [-0.1, -0.05) is 33.6 Å². The van der Waals surface area contributed by atoms with Crippen molar-refractivity contribution in [2.75, 3.05) is 0 Å². The van der Waals surface area contributed by atoms with Gasteiger partial charge >= 0.3 is 5.97 Å². The van der Waals surface area contributed by atoms with Gasteiger partial charge in [-0.05, 0) is 42.8 Å². The molecule has 0 heterocycles. The molecule has 2 aromatic carbocycles. The van der Waals surface area contributed by atoms with Gasteiger partial charge < -0.3 is 9.84 Å². The number of ether oxygens (including phenoxy) is 1. The molecule has 0 amide bonds. The van der Waals surface area contributed by atoms with Gasteiger partial charge in [0.2, 0.25) is 0 Å². The molecule has 2 aromatic rings. The molecule has 0 saturated carbocycles. The summed E-state index contributed by atoms with van der Waals surface area (Å²) >= 11 is 9.15. The van der Waals surface area contributed by atoms with E-state index in [-0.39, 0.29) is 11.3 Å². The van der Waals surface area contributed by atoms with Crippen LogP contribution in [0.2, 0.25) is 5.02 Å². The summed E-state index contributed by atoms with van der Waals surface area (Å²) < 4.78 is 6.53. The molecule has 0 aromatic heterocycles. The summed E-state index contributed by atoms with van der Waals surface area (Å²) in [6, 6.07) is 10.1. The molecule has 2 rings (SSSR count). The number of carboxylic acid groups (broad SMARTS) is 1. The first kappa shape index (κ1) is 13.9. The molecule has 5 heteroatoms. The normalized spacial score (nSPS) is 10.3. The van der Waals surface area contributed by atoms with Crippen molar-refractivity contribution in [2.24, 2.45) is 0 Å². The summed E-state index contributed by atoms with van der Waals surface area (Å²) in [6.45, 7) is 1.89. The lowest BCUT2D eigenvalue weighted by Crippen LogP contribution is -2.00. The lowest BCUT2D eigenvalue weighted by atomic mass is 10.2. The van der Waals surface area contributed by atoms with Crippen LogP contribution in [0.3, 0.4) is 0 Å². The number of hydrogen-bond donors (Lipinski definition) is 1. The number of rotatable bonds is 3. The maximum atomic E-state index is 11.2. The largest absolute Gasteiger partial charge is 0.478 e. The summed E-state index contributed by atoms with van der Waals surface area (Å²) in [7, 11) is 0. The van der Waals surface area contributed by atoms with Gasteiger partial charge in [0.05, 0.1) is 0 Å². The van der Waals surface area contributed by atoms with Crippen molar-refractivity contribution in [3.8, 4) is 11.5 Å². The minimum absolute atomic E-state index is 0.0341. The van der Waals surface area contributed by atoms with E-state index >= 15 is 0 Å². The summed E-state index contributed by atoms with van der Waals surface area (Å²) in [6.07, 6.45) is 0. The number of aromatic carboxylic acids is 1. The van der Waals surface area contributed by atoms with E-state index in [1.807, 2.05) is 19.1 Å². The fraction of sp³-hybridized carbons (Fsp3) is 0.0714. The molecule has 98 valence electrons. The van der Waals surface area contributed by atoms with Crippen molar-refractivity contribution in [3.63, 3.8) is 0 Å². The fourth-order valence-corrected chi connectivity index (χ4v) is 2.07. The zero-order valence-electron chi connectivity index (χ0n) is 9.98. The minimum Gasteiger partial charge on any atom is -0.478 e. The molecule has 3 nitrogen and oxygen atoms in total. The van der Waals surface area contributed by atoms with Crippen LogP contribution in [-0.2, 0) is 0 Å². The van der Waals surface area contributed by atoms with E-state index in [2.05, 4.69) is 15.9 Å². The molecular formula is C14H10BrClO3. The van der Waals surface area contributed by atoms with E-state index in [9.17, 15) is 4.79 Å². The summed E-state index contributed by atoms with van der Waals surface area (Å²) in [5, 5.41) is 9.50. The zero-order valence-corrected chi connectivity index (χ0v) is 12.3. The number of aryl methyl sites for hydroxylation is 1. The van der Waals surface area contributed by atoms with Gasteiger partial charge in [-0.3, -0.25) is 0 Å². The molecule has 0 bridgehead atoms. The Morgan fingerprint density at radius 3 is 2.63 bits per heavy atom. The predicted octanol–water partition coefficient (Wildman–Crippen LogP) is 4.90. The first-order valence-electron chi connectivity index (χ1n) is 5.44. The molecule has 0 saturated heterocycles. The highest BCUT2D eigenvalue weighted by molar-refractivity contribution is 9.10. The smallest absolute Gasteiger partial charge is 0.339 e. The van der Waals surface area contributed by atoms with Gasteiger partial charge in [-0.15, -0.1) is 0 Å². The third-order valence-corrected chi connectivity index (χ3v) is 3.27. The molecule has 0 aliphatic rings. The van der Waals surface area contributed by atoms with Crippen LogP contribution in [0.4, 0.5) is 0 Å². The molecule has 0 aliphatic carbocycles. The predicted molar refractivity (Wildman–Crippen MR) is 77.4 cm³/mol. The second-order valence-corrected chi connectivity index (χ2v) is 5.31. The first-order valence-corrected chi connectivity index (χ1v) is 6.61. The fourth-order valence-electron chi connectivity index (χ4n) is 1.56. The van der Waals surface area contributed by atoms with Crippen LogP contribution in [0.25, 0.3) is 0 Å². The van der Waals surface area contributed by atoms with Crippen molar-refractivity contribution in [1.29, 1.82) is 0 Å². The quantitative estimate of drug-likeness (QED) is 0.863. The van der Waals surface area contributed by atoms with Gasteiger partial charge in [0.1, 0.15) is 17.1 Å². The van der Waals surface area contributed by atoms with Crippen molar-refractivity contribution in [1.82, 2.24) is 0 Å². The molecule has 0 spiro atoms. The SMILES string of the molecule is Cc1ccc(Br)cc1Oc1ccc(Cl)cc1C(=O)O. The number of carboxylic acids is 1. The van der Waals surface area contributed by atoms with Gasteiger partial charge in [0.15, 0.2) is 0 Å². The standard InChI is InChI=1S/C14H10BrClO3/c1-8-2-3-9(15)6-13(8)19-12-5-4-10(16)7-11(12)14(17)18/h2-7H,1H3,(H,17,18). The Morgan fingerprint density at radius 1 is 1.21 bits per heavy atom. The number of benzene rings is 2. The average molecular weight is 342 g/mol. The van der Waals surface area contributed by atoms with Crippen LogP contribution < -0.4 is 4.74 Å². The molecule has 0 aliphatic heterocycles. The number of carbonyl (C=O) groups is 1. The molecule has 0 radical (unpaired) electrons. The second-order valence-electron chi connectivity index (χ2n) is 3.96. The van der Waals surface area contributed by atoms with Gasteiger partial charge in [0.25, 0.3) is 0 Å². The Balaban J connectivity index is 2.43. The highest BCUT2D eigenvalue weighted by Crippen LogP contribution is 2.31. The summed E-state index contributed by atoms with van der Waals surface area (Å²) in [5.74, 6) is -0.220. The molecule has 1 N–H and O–H groups in total. The average Bonchev–Trinajstić information content (AvgIpc) is 2.35. The topological polar surface area (TPSA) is 46.5 Å². The lowest BCUT2D eigenvalue weighted by molar-refractivity contribution is 0.0694. The van der Waals surface area contributed by atoms with Gasteiger partial charge in [-0.25, -0.2) is 4.79 Å². The van der Waals surface area contributed by atoms with E-state index in [4.69, 9.17) is 21.4 Å². The van der Waals surface area contributed by atoms with Crippen LogP contribution in [-0.4, -0.2) is 11.1 Å². The Kier molecular flexibility index (Phi) is 4.12. The van der Waals surface area contributed by atoms with Gasteiger partial charge in [-0.2, -0.15) is 0 Å². The third kappa shape index (κ3) is 3.28. The zero-order chi connectivity index (χ0) is 14.0. The summed E-state index contributed by atoms with van der Waals surface area (Å²) in [4.78, 5) is 11.2. The van der Waals surface area contributed by atoms with Crippen LogP contribution >= 0.6 is 27.5 Å². The maximum absolute atomic E-state index is 11.2. The summed E-state index contributed by atoms with van der Waals surface area (Å²) in [5.41, 5.74) is 0.946. The monoisotopic (exact) mass is 340 g/mol. The van der Waals surface area contributed by atoms with E-state index in [0.717, 1.165) is 10.0 Å². The molecule has 0 atom stereocenters. The van der Waals surface area contributed by atoms with Crippen LogP contribution in [0, 0.1) is 6.92 Å². The molecule has 0 unspecified atom stereocenters. The van der Waals surface area contributed by atoms with Crippen molar-refractivity contribution < 1.29 is 14.6 Å². The maximum Gasteiger partial charge on any atom is 0.339 e. The van der Waals surface area contributed by atoms with Crippen LogP contribution in [0.5, 0.6) is 11.5 Å². The Morgan fingerprint density at radius 2 is 1.95 bits per heavy atom. The van der Waals surface area contributed by atoms with E-state index in [0.29, 0.717) is 10.8 Å². The Labute approximate surface area is 123 Å². The van der Waals surface area contributed by atoms with Crippen molar-refractivity contribution in [2.45, 2.75) is 6.92 Å². The Hall–Kier alpha value is -1.52. The molecule has 19 heavy (non-hydrogen) atoms. The second kappa shape index (κ2) is 5.63. The van der Waals surface area contributed by atoms with Crippen molar-refractivity contribution >= 4 is 33.5 Å². The molecular weight excluding hydrogens is 332 g/mol. The number of halogens is 2. The van der Waals surface area contributed by atoms with E-state index in [1.54, 1.807) is 18.2 Å². The number of hydrogen-bond acceptors (Lipinski definition) is 2. The van der Waals surface area contributed by atoms with Crippen LogP contribution in [0.15, 0.2) is 40.9 Å². The van der Waals surface area contributed by atoms with Crippen LogP contribution in [0.1, 0.15) is 15.9 Å². The Bertz CT molecular complexity index is 641. The molecule has 0 fully saturated rings.